The second-order valence-electron chi connectivity index (χ2n) is 5.51. The van der Waals surface area contributed by atoms with E-state index in [4.69, 9.17) is 0 Å². The van der Waals surface area contributed by atoms with Crippen LogP contribution in [0.2, 0.25) is 0 Å². The van der Waals surface area contributed by atoms with Crippen molar-refractivity contribution in [3.8, 4) is 0 Å². The Morgan fingerprint density at radius 3 is 2.50 bits per heavy atom. The first-order valence-electron chi connectivity index (χ1n) is 7.18. The molecular formula is C15H26N2O2S. The lowest BCUT2D eigenvalue weighted by atomic mass is 10.1. The number of benzene rings is 1. The summed E-state index contributed by atoms with van der Waals surface area (Å²) >= 11 is 0. The maximum atomic E-state index is 12.0. The third kappa shape index (κ3) is 5.92. The second kappa shape index (κ2) is 7.64. The van der Waals surface area contributed by atoms with E-state index in [2.05, 4.69) is 23.9 Å². The first-order chi connectivity index (χ1) is 9.34. The molecule has 1 rings (SSSR count). The van der Waals surface area contributed by atoms with Crippen LogP contribution in [0, 0.1) is 5.92 Å². The normalized spacial score (nSPS) is 13.4. The Morgan fingerprint density at radius 1 is 1.20 bits per heavy atom. The molecule has 0 heterocycles. The van der Waals surface area contributed by atoms with Gasteiger partial charge in [0.2, 0.25) is 10.0 Å². The lowest BCUT2D eigenvalue weighted by Crippen LogP contribution is -2.19. The molecule has 0 aliphatic carbocycles. The lowest BCUT2D eigenvalue weighted by molar-refractivity contribution is 0.578. The smallest absolute Gasteiger partial charge is 0.232 e. The van der Waals surface area contributed by atoms with Crippen LogP contribution >= 0.6 is 0 Å². The summed E-state index contributed by atoms with van der Waals surface area (Å²) in [6.07, 6.45) is 0.669. The zero-order valence-electron chi connectivity index (χ0n) is 12.8. The summed E-state index contributed by atoms with van der Waals surface area (Å²) < 4.78 is 26.6. The van der Waals surface area contributed by atoms with Crippen molar-refractivity contribution >= 4 is 15.7 Å². The molecule has 0 aromatic heterocycles. The molecule has 0 aliphatic rings. The van der Waals surface area contributed by atoms with Crippen LogP contribution in [0.5, 0.6) is 0 Å². The van der Waals surface area contributed by atoms with Gasteiger partial charge in [-0.1, -0.05) is 32.9 Å². The average Bonchev–Trinajstić information content (AvgIpc) is 2.37. The van der Waals surface area contributed by atoms with Gasteiger partial charge in [-0.3, -0.25) is 4.72 Å². The van der Waals surface area contributed by atoms with Crippen molar-refractivity contribution in [3.05, 3.63) is 29.8 Å². The van der Waals surface area contributed by atoms with Gasteiger partial charge in [0.25, 0.3) is 0 Å². The van der Waals surface area contributed by atoms with E-state index in [-0.39, 0.29) is 11.8 Å². The van der Waals surface area contributed by atoms with E-state index in [0.29, 0.717) is 18.0 Å². The van der Waals surface area contributed by atoms with Crippen LogP contribution in [-0.2, 0) is 10.0 Å². The molecule has 0 saturated heterocycles. The number of hydrogen-bond donors (Lipinski definition) is 2. The van der Waals surface area contributed by atoms with Gasteiger partial charge in [0.1, 0.15) is 0 Å². The van der Waals surface area contributed by atoms with E-state index in [9.17, 15) is 8.42 Å². The highest BCUT2D eigenvalue weighted by atomic mass is 32.2. The molecule has 1 aromatic rings. The molecular weight excluding hydrogens is 272 g/mol. The van der Waals surface area contributed by atoms with Gasteiger partial charge in [-0.25, -0.2) is 8.42 Å². The predicted molar refractivity (Wildman–Crippen MR) is 85.4 cm³/mol. The minimum Gasteiger partial charge on any atom is -0.310 e. The quantitative estimate of drug-likeness (QED) is 0.775. The largest absolute Gasteiger partial charge is 0.310 e. The molecule has 0 bridgehead atoms. The van der Waals surface area contributed by atoms with Crippen molar-refractivity contribution in [3.63, 3.8) is 0 Å². The number of nitrogens with one attached hydrogen (secondary N) is 2. The van der Waals surface area contributed by atoms with Gasteiger partial charge in [-0.05, 0) is 43.5 Å². The third-order valence-electron chi connectivity index (χ3n) is 3.13. The Labute approximate surface area is 123 Å². The Hall–Kier alpha value is -1.07. The minimum atomic E-state index is -3.25. The van der Waals surface area contributed by atoms with Crippen LogP contribution in [-0.4, -0.2) is 20.7 Å². The third-order valence-corrected chi connectivity index (χ3v) is 4.45. The Kier molecular flexibility index (Phi) is 6.49. The van der Waals surface area contributed by atoms with Gasteiger partial charge >= 0.3 is 0 Å². The summed E-state index contributed by atoms with van der Waals surface area (Å²) in [5.41, 5.74) is 1.71. The maximum absolute atomic E-state index is 12.0. The molecule has 0 fully saturated rings. The SMILES string of the molecule is CCNC(C)c1cccc(NS(=O)(=O)CCC(C)C)c1. The van der Waals surface area contributed by atoms with Crippen LogP contribution in [0.25, 0.3) is 0 Å². The van der Waals surface area contributed by atoms with Crippen LogP contribution in [0.1, 0.15) is 45.7 Å². The highest BCUT2D eigenvalue weighted by Crippen LogP contribution is 2.18. The fourth-order valence-electron chi connectivity index (χ4n) is 1.92. The molecule has 1 atom stereocenters. The van der Waals surface area contributed by atoms with E-state index in [1.807, 2.05) is 32.0 Å². The Bertz CT molecular complexity index is 512. The van der Waals surface area contributed by atoms with Gasteiger partial charge < -0.3 is 5.32 Å². The predicted octanol–water partition coefficient (Wildman–Crippen LogP) is 3.14. The van der Waals surface area contributed by atoms with E-state index < -0.39 is 10.0 Å². The fraction of sp³-hybridized carbons (Fsp3) is 0.600. The first kappa shape index (κ1) is 17.0. The summed E-state index contributed by atoms with van der Waals surface area (Å²) in [5.74, 6) is 0.546. The number of hydrogen-bond acceptors (Lipinski definition) is 3. The molecule has 20 heavy (non-hydrogen) atoms. The van der Waals surface area contributed by atoms with Crippen molar-refractivity contribution in [1.29, 1.82) is 0 Å². The average molecular weight is 298 g/mol. The van der Waals surface area contributed by atoms with Crippen molar-refractivity contribution in [2.45, 2.75) is 40.2 Å². The summed E-state index contributed by atoms with van der Waals surface area (Å²) in [5, 5.41) is 3.31. The molecule has 5 heteroatoms. The zero-order chi connectivity index (χ0) is 15.2. The molecule has 0 radical (unpaired) electrons. The first-order valence-corrected chi connectivity index (χ1v) is 8.83. The topological polar surface area (TPSA) is 58.2 Å². The summed E-state index contributed by atoms with van der Waals surface area (Å²) in [6, 6.07) is 7.76. The molecule has 1 unspecified atom stereocenters. The summed E-state index contributed by atoms with van der Waals surface area (Å²) in [6.45, 7) is 9.04. The molecule has 0 spiro atoms. The van der Waals surface area contributed by atoms with Crippen LogP contribution < -0.4 is 10.0 Å². The zero-order valence-corrected chi connectivity index (χ0v) is 13.6. The van der Waals surface area contributed by atoms with Crippen molar-refractivity contribution in [2.75, 3.05) is 17.0 Å². The minimum absolute atomic E-state index is 0.164. The van der Waals surface area contributed by atoms with E-state index in [0.717, 1.165) is 12.1 Å². The molecule has 1 aromatic carbocycles. The second-order valence-corrected chi connectivity index (χ2v) is 7.35. The van der Waals surface area contributed by atoms with Gasteiger partial charge in [-0.2, -0.15) is 0 Å². The van der Waals surface area contributed by atoms with Crippen molar-refractivity contribution in [2.24, 2.45) is 5.92 Å². The molecule has 4 nitrogen and oxygen atoms in total. The van der Waals surface area contributed by atoms with Crippen LogP contribution in [0.4, 0.5) is 5.69 Å². The van der Waals surface area contributed by atoms with E-state index in [1.165, 1.54) is 0 Å². The lowest BCUT2D eigenvalue weighted by Gasteiger charge is -2.15. The monoisotopic (exact) mass is 298 g/mol. The van der Waals surface area contributed by atoms with E-state index in [1.54, 1.807) is 6.07 Å². The number of sulfonamides is 1. The van der Waals surface area contributed by atoms with Crippen LogP contribution in [0.3, 0.4) is 0 Å². The summed E-state index contributed by atoms with van der Waals surface area (Å²) in [7, 11) is -3.25. The van der Waals surface area contributed by atoms with Crippen LogP contribution in [0.15, 0.2) is 24.3 Å². The summed E-state index contributed by atoms with van der Waals surface area (Å²) in [4.78, 5) is 0. The highest BCUT2D eigenvalue weighted by molar-refractivity contribution is 7.92. The number of anilines is 1. The highest BCUT2D eigenvalue weighted by Gasteiger charge is 2.12. The Balaban J connectivity index is 2.75. The van der Waals surface area contributed by atoms with Gasteiger partial charge in [0.05, 0.1) is 5.75 Å². The van der Waals surface area contributed by atoms with Crippen molar-refractivity contribution < 1.29 is 8.42 Å². The molecule has 0 aliphatic heterocycles. The molecule has 0 amide bonds. The maximum Gasteiger partial charge on any atom is 0.232 e. The molecule has 2 N–H and O–H groups in total. The van der Waals surface area contributed by atoms with Gasteiger partial charge in [0, 0.05) is 11.7 Å². The molecule has 114 valence electrons. The number of rotatable bonds is 8. The van der Waals surface area contributed by atoms with Gasteiger partial charge in [-0.15, -0.1) is 0 Å². The standard InChI is InChI=1S/C15H26N2O2S/c1-5-16-13(4)14-7-6-8-15(11-14)17-20(18,19)10-9-12(2)3/h6-8,11-13,16-17H,5,9-10H2,1-4H3. The van der Waals surface area contributed by atoms with Crippen molar-refractivity contribution in [1.82, 2.24) is 5.32 Å². The Morgan fingerprint density at radius 2 is 1.90 bits per heavy atom. The van der Waals surface area contributed by atoms with Gasteiger partial charge in [0.15, 0.2) is 0 Å². The fourth-order valence-corrected chi connectivity index (χ4v) is 3.29. The molecule has 0 saturated carbocycles. The van der Waals surface area contributed by atoms with E-state index >= 15 is 0 Å².